The van der Waals surface area contributed by atoms with Crippen molar-refractivity contribution >= 4 is 37.6 Å². The summed E-state index contributed by atoms with van der Waals surface area (Å²) in [5.41, 5.74) is 8.39. The summed E-state index contributed by atoms with van der Waals surface area (Å²) in [5.74, 6) is 0. The van der Waals surface area contributed by atoms with Crippen LogP contribution in [0, 0.1) is 0 Å². The first kappa shape index (κ1) is 15.2. The van der Waals surface area contributed by atoms with E-state index in [2.05, 4.69) is 77.2 Å². The molecule has 4 aromatic rings. The normalized spacial score (nSPS) is 14.5. The van der Waals surface area contributed by atoms with Crippen molar-refractivity contribution in [3.8, 4) is 22.4 Å². The van der Waals surface area contributed by atoms with E-state index < -0.39 is 0 Å². The predicted molar refractivity (Wildman–Crippen MR) is 108 cm³/mol. The second kappa shape index (κ2) is 5.23. The number of nitrogens with zero attached hydrogens (tertiary/aromatic N) is 2. The zero-order valence-electron chi connectivity index (χ0n) is 13.9. The third-order valence-electron chi connectivity index (χ3n) is 5.09. The monoisotopic (exact) mass is 406 g/mol. The molecule has 0 spiro atoms. The van der Waals surface area contributed by atoms with E-state index in [9.17, 15) is 0 Å². The van der Waals surface area contributed by atoms with Crippen molar-refractivity contribution in [3.63, 3.8) is 0 Å². The van der Waals surface area contributed by atoms with Gasteiger partial charge >= 0.3 is 0 Å². The molecule has 0 saturated carbocycles. The van der Waals surface area contributed by atoms with E-state index in [0.717, 1.165) is 25.4 Å². The van der Waals surface area contributed by atoms with E-state index in [1.54, 1.807) is 11.3 Å². The van der Waals surface area contributed by atoms with Gasteiger partial charge in [-0.25, -0.2) is 4.98 Å². The van der Waals surface area contributed by atoms with Gasteiger partial charge in [-0.2, -0.15) is 0 Å². The molecule has 2 aromatic heterocycles. The third kappa shape index (κ3) is 2.14. The van der Waals surface area contributed by atoms with Crippen molar-refractivity contribution in [2.24, 2.45) is 0 Å². The fourth-order valence-corrected chi connectivity index (χ4v) is 5.27. The van der Waals surface area contributed by atoms with Crippen molar-refractivity contribution in [3.05, 3.63) is 69.6 Å². The maximum absolute atomic E-state index is 4.89. The molecule has 1 aliphatic carbocycles. The molecule has 0 radical (unpaired) electrons. The fraction of sp³-hybridized carbons (Fsp3) is 0.143. The van der Waals surface area contributed by atoms with Crippen LogP contribution in [0.5, 0.6) is 0 Å². The SMILES string of the molecule is CC1(C)c2ccccc2-c2c(-c3cnc4cc(Br)sc4n3)cccc21. The van der Waals surface area contributed by atoms with Gasteiger partial charge in [-0.3, -0.25) is 4.98 Å². The zero-order chi connectivity index (χ0) is 17.2. The molecule has 0 aliphatic heterocycles. The summed E-state index contributed by atoms with van der Waals surface area (Å²) in [5, 5.41) is 0. The first-order chi connectivity index (χ1) is 12.1. The molecule has 4 heteroatoms. The Kier molecular flexibility index (Phi) is 3.19. The Balaban J connectivity index is 1.81. The number of rotatable bonds is 1. The van der Waals surface area contributed by atoms with Crippen LogP contribution in [-0.4, -0.2) is 9.97 Å². The van der Waals surface area contributed by atoms with E-state index in [4.69, 9.17) is 4.98 Å². The molecular weight excluding hydrogens is 392 g/mol. The Morgan fingerprint density at radius 1 is 0.960 bits per heavy atom. The standard InChI is InChI=1S/C21H15BrN2S/c1-21(2)14-8-4-3-6-12(14)19-13(7-5-9-15(19)21)17-11-23-16-10-18(22)25-20(16)24-17/h3-11H,1-2H3. The number of fused-ring (bicyclic) bond motifs is 4. The largest absolute Gasteiger partial charge is 0.251 e. The molecule has 25 heavy (non-hydrogen) atoms. The smallest absolute Gasteiger partial charge is 0.143 e. The van der Waals surface area contributed by atoms with E-state index in [-0.39, 0.29) is 5.41 Å². The molecule has 5 rings (SSSR count). The van der Waals surface area contributed by atoms with E-state index in [1.165, 1.54) is 22.3 Å². The fourth-order valence-electron chi connectivity index (χ4n) is 3.88. The Hall–Kier alpha value is -2.04. The minimum absolute atomic E-state index is 0.00538. The van der Waals surface area contributed by atoms with E-state index >= 15 is 0 Å². The maximum Gasteiger partial charge on any atom is 0.143 e. The summed E-state index contributed by atoms with van der Waals surface area (Å²) >= 11 is 5.15. The van der Waals surface area contributed by atoms with Crippen LogP contribution in [0.2, 0.25) is 0 Å². The minimum atomic E-state index is 0.00538. The highest BCUT2D eigenvalue weighted by molar-refractivity contribution is 9.11. The van der Waals surface area contributed by atoms with Gasteiger partial charge in [-0.05, 0) is 44.3 Å². The molecule has 2 heterocycles. The van der Waals surface area contributed by atoms with Gasteiger partial charge in [0.25, 0.3) is 0 Å². The van der Waals surface area contributed by atoms with Crippen molar-refractivity contribution in [2.75, 3.05) is 0 Å². The zero-order valence-corrected chi connectivity index (χ0v) is 16.3. The second-order valence-electron chi connectivity index (χ2n) is 6.89. The topological polar surface area (TPSA) is 25.8 Å². The number of thiophene rings is 1. The van der Waals surface area contributed by atoms with Crippen molar-refractivity contribution < 1.29 is 0 Å². The third-order valence-corrected chi connectivity index (χ3v) is 6.62. The van der Waals surface area contributed by atoms with Gasteiger partial charge < -0.3 is 0 Å². The van der Waals surface area contributed by atoms with Crippen molar-refractivity contribution in [1.29, 1.82) is 0 Å². The van der Waals surface area contributed by atoms with Crippen molar-refractivity contribution in [2.45, 2.75) is 19.3 Å². The highest BCUT2D eigenvalue weighted by Gasteiger charge is 2.36. The number of hydrogen-bond acceptors (Lipinski definition) is 3. The van der Waals surface area contributed by atoms with Gasteiger partial charge in [0.05, 0.1) is 15.7 Å². The second-order valence-corrected chi connectivity index (χ2v) is 9.30. The summed E-state index contributed by atoms with van der Waals surface area (Å²) < 4.78 is 1.06. The average Bonchev–Trinajstić information content (AvgIpc) is 3.10. The van der Waals surface area contributed by atoms with Crippen LogP contribution < -0.4 is 0 Å². The molecule has 0 atom stereocenters. The molecule has 0 unspecified atom stereocenters. The molecule has 0 amide bonds. The summed E-state index contributed by atoms with van der Waals surface area (Å²) in [6.07, 6.45) is 1.89. The van der Waals surface area contributed by atoms with Crippen LogP contribution in [0.15, 0.2) is 58.5 Å². The highest BCUT2D eigenvalue weighted by Crippen LogP contribution is 2.51. The maximum atomic E-state index is 4.89. The first-order valence-corrected chi connectivity index (χ1v) is 9.82. The molecule has 2 nitrogen and oxygen atoms in total. The van der Waals surface area contributed by atoms with Gasteiger partial charge in [-0.15, -0.1) is 11.3 Å². The summed E-state index contributed by atoms with van der Waals surface area (Å²) in [7, 11) is 0. The average molecular weight is 407 g/mol. The van der Waals surface area contributed by atoms with Gasteiger partial charge in [-0.1, -0.05) is 56.3 Å². The molecule has 0 saturated heterocycles. The lowest BCUT2D eigenvalue weighted by Gasteiger charge is -2.21. The molecule has 122 valence electrons. The minimum Gasteiger partial charge on any atom is -0.251 e. The van der Waals surface area contributed by atoms with Crippen LogP contribution in [-0.2, 0) is 5.41 Å². The van der Waals surface area contributed by atoms with E-state index in [1.807, 2.05) is 12.3 Å². The molecule has 0 bridgehead atoms. The molecule has 0 fully saturated rings. The molecule has 2 aromatic carbocycles. The lowest BCUT2D eigenvalue weighted by Crippen LogP contribution is -2.14. The molecule has 0 N–H and O–H groups in total. The van der Waals surface area contributed by atoms with Gasteiger partial charge in [0.15, 0.2) is 0 Å². The van der Waals surface area contributed by atoms with Gasteiger partial charge in [0.1, 0.15) is 10.3 Å². The lowest BCUT2D eigenvalue weighted by molar-refractivity contribution is 0.660. The van der Waals surface area contributed by atoms with E-state index in [0.29, 0.717) is 0 Å². The quantitative estimate of drug-likeness (QED) is 0.364. The van der Waals surface area contributed by atoms with Gasteiger partial charge in [0, 0.05) is 11.0 Å². The molecular formula is C21H15BrN2S. The predicted octanol–water partition coefficient (Wildman–Crippen LogP) is 6.43. The van der Waals surface area contributed by atoms with Crippen LogP contribution in [0.3, 0.4) is 0 Å². The van der Waals surface area contributed by atoms with Crippen LogP contribution in [0.25, 0.3) is 32.7 Å². The number of aromatic nitrogens is 2. The number of hydrogen-bond donors (Lipinski definition) is 0. The summed E-state index contributed by atoms with van der Waals surface area (Å²) in [4.78, 5) is 10.5. The first-order valence-electron chi connectivity index (χ1n) is 8.21. The van der Waals surface area contributed by atoms with Gasteiger partial charge in [0.2, 0.25) is 0 Å². The van der Waals surface area contributed by atoms with Crippen molar-refractivity contribution in [1.82, 2.24) is 9.97 Å². The Morgan fingerprint density at radius 3 is 2.60 bits per heavy atom. The van der Waals surface area contributed by atoms with Crippen LogP contribution in [0.1, 0.15) is 25.0 Å². The Labute approximate surface area is 158 Å². The number of halogens is 1. The lowest BCUT2D eigenvalue weighted by atomic mass is 9.82. The highest BCUT2D eigenvalue weighted by atomic mass is 79.9. The van der Waals surface area contributed by atoms with Crippen LogP contribution in [0.4, 0.5) is 0 Å². The summed E-state index contributed by atoms with van der Waals surface area (Å²) in [6.45, 7) is 4.60. The number of benzene rings is 2. The Morgan fingerprint density at radius 2 is 1.72 bits per heavy atom. The van der Waals surface area contributed by atoms with Crippen LogP contribution >= 0.6 is 27.3 Å². The summed E-state index contributed by atoms with van der Waals surface area (Å²) in [6, 6.07) is 17.3. The molecule has 1 aliphatic rings. The Bertz CT molecular complexity index is 1140.